The number of hydrogen-bond acceptors (Lipinski definition) is 1. The first-order valence-electron chi connectivity index (χ1n) is 25.2. The highest BCUT2D eigenvalue weighted by Gasteiger charge is 2.46. The zero-order valence-corrected chi connectivity index (χ0v) is 40.1. The molecular formula is C71H48N2. The van der Waals surface area contributed by atoms with Crippen molar-refractivity contribution >= 4 is 49.6 Å². The van der Waals surface area contributed by atoms with Crippen LogP contribution in [-0.4, -0.2) is 4.57 Å². The molecule has 0 N–H and O–H groups in total. The van der Waals surface area contributed by atoms with Gasteiger partial charge in [0.05, 0.1) is 22.1 Å². The summed E-state index contributed by atoms with van der Waals surface area (Å²) in [6.07, 6.45) is 0. The zero-order valence-electron chi connectivity index (χ0n) is 40.1. The van der Waals surface area contributed by atoms with Crippen molar-refractivity contribution in [3.8, 4) is 50.2 Å². The first-order chi connectivity index (χ1) is 36.2. The fourth-order valence-electron chi connectivity index (χ4n) is 12.1. The van der Waals surface area contributed by atoms with Crippen LogP contribution in [0.25, 0.3) is 82.8 Å². The van der Waals surface area contributed by atoms with Crippen molar-refractivity contribution in [3.05, 3.63) is 313 Å². The summed E-state index contributed by atoms with van der Waals surface area (Å²) in [5.74, 6) is 0. The lowest BCUT2D eigenvalue weighted by Crippen LogP contribution is -2.28. The normalized spacial score (nSPS) is 12.5. The fourth-order valence-corrected chi connectivity index (χ4v) is 12.1. The van der Waals surface area contributed by atoms with Gasteiger partial charge in [-0.25, -0.2) is 0 Å². The quantitative estimate of drug-likeness (QED) is 0.140. The molecule has 0 saturated heterocycles. The highest BCUT2D eigenvalue weighted by Crippen LogP contribution is 2.56. The van der Waals surface area contributed by atoms with Crippen molar-refractivity contribution in [3.63, 3.8) is 0 Å². The second kappa shape index (κ2) is 17.4. The van der Waals surface area contributed by atoms with Crippen molar-refractivity contribution in [1.29, 1.82) is 0 Å². The molecule has 1 aromatic heterocycles. The first-order valence-corrected chi connectivity index (χ1v) is 25.2. The summed E-state index contributed by atoms with van der Waals surface area (Å²) in [7, 11) is 0. The van der Waals surface area contributed by atoms with Gasteiger partial charge in [-0.1, -0.05) is 237 Å². The van der Waals surface area contributed by atoms with Crippen LogP contribution in [0.1, 0.15) is 22.3 Å². The van der Waals surface area contributed by atoms with Gasteiger partial charge in [0.25, 0.3) is 0 Å². The van der Waals surface area contributed by atoms with Crippen molar-refractivity contribution in [2.45, 2.75) is 5.41 Å². The lowest BCUT2D eigenvalue weighted by Gasteiger charge is -2.33. The molecule has 13 aromatic rings. The van der Waals surface area contributed by atoms with Crippen LogP contribution in [0.4, 0.5) is 17.1 Å². The Bertz CT molecular complexity index is 4140. The second-order valence-corrected chi connectivity index (χ2v) is 19.2. The van der Waals surface area contributed by atoms with E-state index >= 15 is 0 Å². The number of anilines is 3. The number of nitrogens with zero attached hydrogens (tertiary/aromatic N) is 2. The Morgan fingerprint density at radius 2 is 0.822 bits per heavy atom. The van der Waals surface area contributed by atoms with Crippen LogP contribution < -0.4 is 4.90 Å². The largest absolute Gasteiger partial charge is 0.310 e. The van der Waals surface area contributed by atoms with Crippen LogP contribution in [-0.2, 0) is 5.41 Å². The highest BCUT2D eigenvalue weighted by atomic mass is 15.1. The molecule has 1 aliphatic rings. The Hall–Kier alpha value is -9.50. The number of aromatic nitrogens is 1. The molecule has 0 unspecified atom stereocenters. The molecule has 1 aliphatic carbocycles. The van der Waals surface area contributed by atoms with Gasteiger partial charge >= 0.3 is 0 Å². The van der Waals surface area contributed by atoms with E-state index in [0.717, 1.165) is 28.3 Å². The topological polar surface area (TPSA) is 8.17 Å². The number of para-hydroxylation sites is 1. The van der Waals surface area contributed by atoms with Crippen LogP contribution >= 0.6 is 0 Å². The third-order valence-corrected chi connectivity index (χ3v) is 15.3. The van der Waals surface area contributed by atoms with Gasteiger partial charge in [-0.15, -0.1) is 0 Å². The maximum absolute atomic E-state index is 2.48. The highest BCUT2D eigenvalue weighted by molar-refractivity contribution is 6.11. The molecule has 73 heavy (non-hydrogen) atoms. The van der Waals surface area contributed by atoms with E-state index in [1.165, 1.54) is 93.8 Å². The zero-order chi connectivity index (χ0) is 48.3. The molecule has 1 heterocycles. The minimum atomic E-state index is -0.457. The molecule has 342 valence electrons. The fraction of sp³-hybridized carbons (Fsp3) is 0.0141. The molecule has 0 spiro atoms. The van der Waals surface area contributed by atoms with E-state index in [1.807, 2.05) is 0 Å². The molecule has 0 saturated carbocycles. The summed E-state index contributed by atoms with van der Waals surface area (Å²) < 4.78 is 2.48. The molecular weight excluding hydrogens is 881 g/mol. The predicted octanol–water partition coefficient (Wildman–Crippen LogP) is 18.8. The van der Waals surface area contributed by atoms with E-state index in [0.29, 0.717) is 0 Å². The summed E-state index contributed by atoms with van der Waals surface area (Å²) in [6.45, 7) is 0. The summed E-state index contributed by atoms with van der Waals surface area (Å²) in [6, 6.07) is 107. The first kappa shape index (κ1) is 42.4. The van der Waals surface area contributed by atoms with E-state index in [1.54, 1.807) is 0 Å². The van der Waals surface area contributed by atoms with Gasteiger partial charge in [-0.2, -0.15) is 0 Å². The van der Waals surface area contributed by atoms with Gasteiger partial charge in [0.1, 0.15) is 0 Å². The van der Waals surface area contributed by atoms with Crippen LogP contribution in [0.15, 0.2) is 291 Å². The van der Waals surface area contributed by atoms with Crippen molar-refractivity contribution < 1.29 is 0 Å². The molecule has 0 atom stereocenters. The predicted molar refractivity (Wildman–Crippen MR) is 307 cm³/mol. The minimum Gasteiger partial charge on any atom is -0.310 e. The van der Waals surface area contributed by atoms with Gasteiger partial charge in [0, 0.05) is 33.2 Å². The molecule has 0 radical (unpaired) electrons. The third kappa shape index (κ3) is 6.87. The average molecular weight is 929 g/mol. The van der Waals surface area contributed by atoms with E-state index < -0.39 is 5.41 Å². The van der Waals surface area contributed by atoms with E-state index in [9.17, 15) is 0 Å². The minimum absolute atomic E-state index is 0.457. The lowest BCUT2D eigenvalue weighted by molar-refractivity contribution is 0.768. The molecule has 0 fully saturated rings. The lowest BCUT2D eigenvalue weighted by atomic mass is 9.68. The van der Waals surface area contributed by atoms with Crippen molar-refractivity contribution in [2.75, 3.05) is 4.90 Å². The Kier molecular flexibility index (Phi) is 10.1. The number of benzene rings is 12. The van der Waals surface area contributed by atoms with Crippen LogP contribution in [0, 0.1) is 0 Å². The Labute approximate surface area is 426 Å². The maximum atomic E-state index is 2.48. The SMILES string of the molecule is c1ccc(-c2ccc(N(c3cccc(-c4ccccc4-c4ccc5c6ccccc6n(-c6ccc7c(c6)-c6ccccc6C7(c6ccccc6)c6ccccc6)c5c4)c3)c3cccc4ccccc34)cc2)cc1. The molecule has 0 bridgehead atoms. The molecule has 0 aliphatic heterocycles. The number of rotatable bonds is 9. The average Bonchev–Trinajstić information content (AvgIpc) is 3.97. The Balaban J connectivity index is 0.912. The number of fused-ring (bicyclic) bond motifs is 7. The molecule has 2 nitrogen and oxygen atoms in total. The van der Waals surface area contributed by atoms with E-state index in [-0.39, 0.29) is 0 Å². The molecule has 12 aromatic carbocycles. The molecule has 2 heteroatoms. The maximum Gasteiger partial charge on any atom is 0.0713 e. The summed E-state index contributed by atoms with van der Waals surface area (Å²) in [4.78, 5) is 2.41. The Morgan fingerprint density at radius 1 is 0.288 bits per heavy atom. The van der Waals surface area contributed by atoms with Gasteiger partial charge in [0.15, 0.2) is 0 Å². The monoisotopic (exact) mass is 928 g/mol. The summed E-state index contributed by atoms with van der Waals surface area (Å²) in [5.41, 5.74) is 21.1. The number of hydrogen-bond donors (Lipinski definition) is 0. The van der Waals surface area contributed by atoms with E-state index in [4.69, 9.17) is 0 Å². The summed E-state index contributed by atoms with van der Waals surface area (Å²) >= 11 is 0. The van der Waals surface area contributed by atoms with Gasteiger partial charge in [-0.3, -0.25) is 0 Å². The smallest absolute Gasteiger partial charge is 0.0713 e. The van der Waals surface area contributed by atoms with Gasteiger partial charge < -0.3 is 9.47 Å². The molecule has 0 amide bonds. The van der Waals surface area contributed by atoms with E-state index in [2.05, 4.69) is 301 Å². The Morgan fingerprint density at radius 3 is 1.58 bits per heavy atom. The van der Waals surface area contributed by atoms with Gasteiger partial charge in [0.2, 0.25) is 0 Å². The van der Waals surface area contributed by atoms with Crippen LogP contribution in [0.2, 0.25) is 0 Å². The molecule has 14 rings (SSSR count). The van der Waals surface area contributed by atoms with Gasteiger partial charge in [-0.05, 0) is 127 Å². The standard InChI is InChI=1S/C71H48N2/c1-4-20-49(21-5-1)50-38-41-56(42-39-50)72(68-37-19-23-51-22-10-11-32-61(51)68)57-29-18-24-52(46-57)59-30-12-13-31-60(59)53-40-44-64-63-34-15-17-36-69(63)73(70(64)47-53)58-43-45-67-65(48-58)62-33-14-16-35-66(62)71(67,54-25-6-2-7-26-54)55-27-8-3-9-28-55/h1-48H. The third-order valence-electron chi connectivity index (χ3n) is 15.3. The van der Waals surface area contributed by atoms with Crippen molar-refractivity contribution in [1.82, 2.24) is 4.57 Å². The summed E-state index contributed by atoms with van der Waals surface area (Å²) in [5, 5.41) is 4.87. The van der Waals surface area contributed by atoms with Crippen LogP contribution in [0.5, 0.6) is 0 Å². The second-order valence-electron chi connectivity index (χ2n) is 19.2. The van der Waals surface area contributed by atoms with Crippen LogP contribution in [0.3, 0.4) is 0 Å². The van der Waals surface area contributed by atoms with Crippen molar-refractivity contribution in [2.24, 2.45) is 0 Å².